The van der Waals surface area contributed by atoms with Crippen molar-refractivity contribution in [3.05, 3.63) is 69.7 Å². The zero-order chi connectivity index (χ0) is 12.4. The molecule has 0 radical (unpaired) electrons. The van der Waals surface area contributed by atoms with Gasteiger partial charge in [0, 0.05) is 10.0 Å². The van der Waals surface area contributed by atoms with E-state index in [1.807, 2.05) is 0 Å². The maximum absolute atomic E-state index is 13.6. The molecule has 2 aromatic rings. The first-order valence-electron chi connectivity index (χ1n) is 4.97. The number of hydrogen-bond donors (Lipinski definition) is 1. The molecule has 0 bridgehead atoms. The molecule has 2 aromatic carbocycles. The number of benzene rings is 2. The maximum Gasteiger partial charge on any atom is 0.130 e. The van der Waals surface area contributed by atoms with Crippen LogP contribution in [0.2, 0.25) is 0 Å². The Bertz CT molecular complexity index is 505. The quantitative estimate of drug-likeness (QED) is 0.894. The summed E-state index contributed by atoms with van der Waals surface area (Å²) in [6, 6.07) is 9.77. The molecule has 1 nitrogen and oxygen atoms in total. The standard InChI is InChI=1S/C13H9BrF2O/c14-10-2-1-3-11(16)12(10)13(17)8-4-6-9(15)7-5-8/h1-7,13,17H. The average molecular weight is 299 g/mol. The van der Waals surface area contributed by atoms with Gasteiger partial charge < -0.3 is 5.11 Å². The van der Waals surface area contributed by atoms with Crippen molar-refractivity contribution in [3.8, 4) is 0 Å². The molecule has 0 spiro atoms. The molecule has 1 unspecified atom stereocenters. The smallest absolute Gasteiger partial charge is 0.130 e. The lowest BCUT2D eigenvalue weighted by atomic mass is 10.0. The number of hydrogen-bond acceptors (Lipinski definition) is 1. The topological polar surface area (TPSA) is 20.2 Å². The van der Waals surface area contributed by atoms with Crippen LogP contribution in [0, 0.1) is 11.6 Å². The van der Waals surface area contributed by atoms with Gasteiger partial charge in [0.05, 0.1) is 0 Å². The van der Waals surface area contributed by atoms with Crippen LogP contribution >= 0.6 is 15.9 Å². The second-order valence-electron chi connectivity index (χ2n) is 3.59. The Morgan fingerprint density at radius 2 is 1.65 bits per heavy atom. The number of aliphatic hydroxyl groups excluding tert-OH is 1. The summed E-state index contributed by atoms with van der Waals surface area (Å²) in [6.45, 7) is 0. The minimum Gasteiger partial charge on any atom is -0.384 e. The molecule has 0 saturated heterocycles. The third-order valence-electron chi connectivity index (χ3n) is 2.46. The highest BCUT2D eigenvalue weighted by Crippen LogP contribution is 2.30. The number of aliphatic hydroxyl groups is 1. The molecule has 0 fully saturated rings. The zero-order valence-electron chi connectivity index (χ0n) is 8.70. The highest BCUT2D eigenvalue weighted by Gasteiger charge is 2.17. The Balaban J connectivity index is 2.43. The molecule has 0 amide bonds. The number of halogens is 3. The van der Waals surface area contributed by atoms with E-state index in [0.29, 0.717) is 10.0 Å². The second-order valence-corrected chi connectivity index (χ2v) is 4.44. The van der Waals surface area contributed by atoms with Gasteiger partial charge in [-0.25, -0.2) is 8.78 Å². The second kappa shape index (κ2) is 4.94. The Hall–Kier alpha value is -1.26. The molecule has 0 aliphatic rings. The molecule has 0 aliphatic carbocycles. The summed E-state index contributed by atoms with van der Waals surface area (Å²) < 4.78 is 26.8. The van der Waals surface area contributed by atoms with Gasteiger partial charge in [-0.15, -0.1) is 0 Å². The van der Waals surface area contributed by atoms with Crippen molar-refractivity contribution in [3.63, 3.8) is 0 Å². The Morgan fingerprint density at radius 3 is 2.24 bits per heavy atom. The fraction of sp³-hybridized carbons (Fsp3) is 0.0769. The van der Waals surface area contributed by atoms with E-state index in [4.69, 9.17) is 0 Å². The third kappa shape index (κ3) is 2.53. The van der Waals surface area contributed by atoms with Crippen molar-refractivity contribution in [2.75, 3.05) is 0 Å². The first-order chi connectivity index (χ1) is 8.09. The SMILES string of the molecule is OC(c1ccc(F)cc1)c1c(F)cccc1Br. The summed E-state index contributed by atoms with van der Waals surface area (Å²) in [5, 5.41) is 10.1. The molecule has 1 N–H and O–H groups in total. The lowest BCUT2D eigenvalue weighted by Crippen LogP contribution is -2.03. The fourth-order valence-electron chi connectivity index (χ4n) is 1.58. The van der Waals surface area contributed by atoms with Gasteiger partial charge in [0.25, 0.3) is 0 Å². The Kier molecular flexibility index (Phi) is 3.54. The summed E-state index contributed by atoms with van der Waals surface area (Å²) in [7, 11) is 0. The minimum atomic E-state index is -1.12. The summed E-state index contributed by atoms with van der Waals surface area (Å²) in [4.78, 5) is 0. The van der Waals surface area contributed by atoms with E-state index in [2.05, 4.69) is 15.9 Å². The minimum absolute atomic E-state index is 0.152. The monoisotopic (exact) mass is 298 g/mol. The van der Waals surface area contributed by atoms with Gasteiger partial charge in [-0.2, -0.15) is 0 Å². The molecule has 0 saturated carbocycles. The van der Waals surface area contributed by atoms with Crippen molar-refractivity contribution in [1.29, 1.82) is 0 Å². The van der Waals surface area contributed by atoms with E-state index < -0.39 is 17.7 Å². The van der Waals surface area contributed by atoms with Crippen molar-refractivity contribution in [2.24, 2.45) is 0 Å². The van der Waals surface area contributed by atoms with Crippen LogP contribution in [-0.2, 0) is 0 Å². The molecular formula is C13H9BrF2O. The van der Waals surface area contributed by atoms with E-state index in [0.717, 1.165) is 0 Å². The highest BCUT2D eigenvalue weighted by molar-refractivity contribution is 9.10. The molecule has 0 heterocycles. The van der Waals surface area contributed by atoms with Gasteiger partial charge in [0.2, 0.25) is 0 Å². The van der Waals surface area contributed by atoms with E-state index in [9.17, 15) is 13.9 Å². The molecular weight excluding hydrogens is 290 g/mol. The predicted octanol–water partition coefficient (Wildman–Crippen LogP) is 3.81. The lowest BCUT2D eigenvalue weighted by Gasteiger charge is -2.14. The van der Waals surface area contributed by atoms with Gasteiger partial charge >= 0.3 is 0 Å². The molecule has 1 atom stereocenters. The van der Waals surface area contributed by atoms with Crippen molar-refractivity contribution in [2.45, 2.75) is 6.10 Å². The van der Waals surface area contributed by atoms with Crippen LogP contribution in [0.3, 0.4) is 0 Å². The van der Waals surface area contributed by atoms with Gasteiger partial charge in [0.15, 0.2) is 0 Å². The Morgan fingerprint density at radius 1 is 1.00 bits per heavy atom. The van der Waals surface area contributed by atoms with Crippen molar-refractivity contribution >= 4 is 15.9 Å². The first kappa shape index (κ1) is 12.2. The lowest BCUT2D eigenvalue weighted by molar-refractivity contribution is 0.214. The molecule has 17 heavy (non-hydrogen) atoms. The van der Waals surface area contributed by atoms with Crippen LogP contribution in [0.1, 0.15) is 17.2 Å². The molecule has 2 rings (SSSR count). The van der Waals surface area contributed by atoms with E-state index in [-0.39, 0.29) is 5.56 Å². The first-order valence-corrected chi connectivity index (χ1v) is 5.76. The highest BCUT2D eigenvalue weighted by atomic mass is 79.9. The summed E-state index contributed by atoms with van der Waals surface area (Å²) in [6.07, 6.45) is -1.12. The third-order valence-corrected chi connectivity index (χ3v) is 3.15. The zero-order valence-corrected chi connectivity index (χ0v) is 10.3. The van der Waals surface area contributed by atoms with Crippen LogP contribution in [0.15, 0.2) is 46.9 Å². The van der Waals surface area contributed by atoms with Crippen LogP contribution < -0.4 is 0 Å². The van der Waals surface area contributed by atoms with Crippen molar-refractivity contribution < 1.29 is 13.9 Å². The average Bonchev–Trinajstić information content (AvgIpc) is 2.29. The fourth-order valence-corrected chi connectivity index (χ4v) is 2.14. The van der Waals surface area contributed by atoms with Crippen LogP contribution in [0.4, 0.5) is 8.78 Å². The molecule has 0 aliphatic heterocycles. The van der Waals surface area contributed by atoms with Gasteiger partial charge in [-0.05, 0) is 29.8 Å². The van der Waals surface area contributed by atoms with E-state index in [1.54, 1.807) is 12.1 Å². The van der Waals surface area contributed by atoms with Crippen LogP contribution in [-0.4, -0.2) is 5.11 Å². The normalized spacial score (nSPS) is 12.5. The van der Waals surface area contributed by atoms with Gasteiger partial charge in [-0.1, -0.05) is 34.1 Å². The van der Waals surface area contributed by atoms with Crippen molar-refractivity contribution in [1.82, 2.24) is 0 Å². The van der Waals surface area contributed by atoms with Crippen LogP contribution in [0.5, 0.6) is 0 Å². The summed E-state index contributed by atoms with van der Waals surface area (Å²) in [5.41, 5.74) is 0.594. The molecule has 4 heteroatoms. The van der Waals surface area contributed by atoms with E-state index in [1.165, 1.54) is 30.3 Å². The predicted molar refractivity (Wildman–Crippen MR) is 64.6 cm³/mol. The Labute approximate surface area is 106 Å². The van der Waals surface area contributed by atoms with Crippen LogP contribution in [0.25, 0.3) is 0 Å². The largest absolute Gasteiger partial charge is 0.384 e. The maximum atomic E-state index is 13.6. The molecule has 88 valence electrons. The van der Waals surface area contributed by atoms with E-state index >= 15 is 0 Å². The molecule has 0 aromatic heterocycles. The van der Waals surface area contributed by atoms with Gasteiger partial charge in [-0.3, -0.25) is 0 Å². The van der Waals surface area contributed by atoms with Gasteiger partial charge in [0.1, 0.15) is 17.7 Å². The number of rotatable bonds is 2. The summed E-state index contributed by atoms with van der Waals surface area (Å²) >= 11 is 3.19. The summed E-state index contributed by atoms with van der Waals surface area (Å²) in [5.74, 6) is -0.898.